The highest BCUT2D eigenvalue weighted by molar-refractivity contribution is 5.42. The van der Waals surface area contributed by atoms with Crippen molar-refractivity contribution >= 4 is 0 Å². The number of para-hydroxylation sites is 1. The molecule has 0 aliphatic carbocycles. The molecule has 1 heterocycles. The molecule has 2 aromatic carbocycles. The molecule has 0 radical (unpaired) electrons. The summed E-state index contributed by atoms with van der Waals surface area (Å²) in [6.07, 6.45) is 1.58. The second-order valence-corrected chi connectivity index (χ2v) is 6.54. The average Bonchev–Trinajstić information content (AvgIpc) is 3.14. The van der Waals surface area contributed by atoms with E-state index in [1.54, 1.807) is 14.2 Å². The number of ether oxygens (including phenoxy) is 3. The van der Waals surface area contributed by atoms with Gasteiger partial charge in [0.15, 0.2) is 0 Å². The molecular formula is C21H27NO4. The maximum atomic E-state index is 10.4. The molecule has 2 aromatic rings. The van der Waals surface area contributed by atoms with Gasteiger partial charge < -0.3 is 19.3 Å². The summed E-state index contributed by atoms with van der Waals surface area (Å²) in [5, 5.41) is 10.4. The molecule has 26 heavy (non-hydrogen) atoms. The molecular weight excluding hydrogens is 330 g/mol. The van der Waals surface area contributed by atoms with Crippen LogP contribution in [-0.4, -0.2) is 50.0 Å². The Morgan fingerprint density at radius 2 is 1.88 bits per heavy atom. The second kappa shape index (κ2) is 8.92. The van der Waals surface area contributed by atoms with E-state index >= 15 is 0 Å². The highest BCUT2D eigenvalue weighted by Gasteiger charge is 2.30. The lowest BCUT2D eigenvalue weighted by Crippen LogP contribution is -2.35. The van der Waals surface area contributed by atoms with Crippen molar-refractivity contribution < 1.29 is 19.3 Å². The molecule has 3 rings (SSSR count). The number of aliphatic hydroxyl groups excluding tert-OH is 1. The first-order chi connectivity index (χ1) is 12.7. The maximum absolute atomic E-state index is 10.4. The zero-order valence-corrected chi connectivity index (χ0v) is 15.4. The number of hydrogen-bond donors (Lipinski definition) is 1. The summed E-state index contributed by atoms with van der Waals surface area (Å²) in [5.41, 5.74) is 1.11. The lowest BCUT2D eigenvalue weighted by molar-refractivity contribution is 0.0635. The Morgan fingerprint density at radius 1 is 1.08 bits per heavy atom. The fraction of sp³-hybridized carbons (Fsp3) is 0.429. The van der Waals surface area contributed by atoms with Crippen LogP contribution in [0.15, 0.2) is 48.5 Å². The molecule has 5 nitrogen and oxygen atoms in total. The predicted molar refractivity (Wildman–Crippen MR) is 101 cm³/mol. The van der Waals surface area contributed by atoms with Gasteiger partial charge in [-0.05, 0) is 49.7 Å². The molecule has 1 aliphatic rings. The minimum absolute atomic E-state index is 0.214. The Hall–Kier alpha value is -2.24. The van der Waals surface area contributed by atoms with Gasteiger partial charge in [-0.15, -0.1) is 0 Å². The van der Waals surface area contributed by atoms with Crippen LogP contribution in [0.25, 0.3) is 0 Å². The van der Waals surface area contributed by atoms with Crippen molar-refractivity contribution in [3.63, 3.8) is 0 Å². The van der Waals surface area contributed by atoms with Gasteiger partial charge in [-0.3, -0.25) is 4.90 Å². The Kier molecular flexibility index (Phi) is 6.36. The van der Waals surface area contributed by atoms with Crippen molar-refractivity contribution in [3.8, 4) is 17.2 Å². The zero-order valence-electron chi connectivity index (χ0n) is 15.4. The van der Waals surface area contributed by atoms with Crippen molar-refractivity contribution in [2.24, 2.45) is 0 Å². The number of nitrogens with zero attached hydrogens (tertiary/aromatic N) is 1. The van der Waals surface area contributed by atoms with Crippen LogP contribution < -0.4 is 14.2 Å². The van der Waals surface area contributed by atoms with E-state index in [0.717, 1.165) is 42.2 Å². The van der Waals surface area contributed by atoms with Crippen molar-refractivity contribution in [2.45, 2.75) is 25.0 Å². The van der Waals surface area contributed by atoms with Crippen LogP contribution in [0.3, 0.4) is 0 Å². The van der Waals surface area contributed by atoms with E-state index in [1.807, 2.05) is 48.5 Å². The SMILES string of the molecule is COc1ccc(OC)c(C2CCCN2CC(O)COc2ccccc2)c1. The predicted octanol–water partition coefficient (Wildman–Crippen LogP) is 3.28. The summed E-state index contributed by atoms with van der Waals surface area (Å²) in [5.74, 6) is 2.46. The normalized spacial score (nSPS) is 18.5. The second-order valence-electron chi connectivity index (χ2n) is 6.54. The van der Waals surface area contributed by atoms with Crippen LogP contribution in [0.2, 0.25) is 0 Å². The molecule has 0 spiro atoms. The van der Waals surface area contributed by atoms with Crippen molar-refractivity contribution in [1.82, 2.24) is 4.90 Å². The van der Waals surface area contributed by atoms with E-state index in [9.17, 15) is 5.11 Å². The van der Waals surface area contributed by atoms with Gasteiger partial charge in [-0.1, -0.05) is 18.2 Å². The summed E-state index contributed by atoms with van der Waals surface area (Å²) in [4.78, 5) is 2.30. The summed E-state index contributed by atoms with van der Waals surface area (Å²) >= 11 is 0. The van der Waals surface area contributed by atoms with Gasteiger partial charge in [0.05, 0.1) is 14.2 Å². The average molecular weight is 357 g/mol. The third-order valence-corrected chi connectivity index (χ3v) is 4.79. The van der Waals surface area contributed by atoms with Crippen LogP contribution >= 0.6 is 0 Å². The van der Waals surface area contributed by atoms with Crippen LogP contribution in [0.4, 0.5) is 0 Å². The molecule has 1 saturated heterocycles. The first kappa shape index (κ1) is 18.5. The van der Waals surface area contributed by atoms with Gasteiger partial charge in [0, 0.05) is 18.2 Å². The van der Waals surface area contributed by atoms with E-state index < -0.39 is 6.10 Å². The smallest absolute Gasteiger partial charge is 0.123 e. The number of methoxy groups -OCH3 is 2. The lowest BCUT2D eigenvalue weighted by Gasteiger charge is -2.28. The Morgan fingerprint density at radius 3 is 2.62 bits per heavy atom. The number of rotatable bonds is 8. The highest BCUT2D eigenvalue weighted by atomic mass is 16.5. The summed E-state index contributed by atoms with van der Waals surface area (Å²) in [6, 6.07) is 15.7. The van der Waals surface area contributed by atoms with Crippen LogP contribution in [0, 0.1) is 0 Å². The lowest BCUT2D eigenvalue weighted by atomic mass is 10.0. The molecule has 0 aromatic heterocycles. The first-order valence-electron chi connectivity index (χ1n) is 9.03. The minimum Gasteiger partial charge on any atom is -0.497 e. The maximum Gasteiger partial charge on any atom is 0.123 e. The standard InChI is InChI=1S/C21H27NO4/c1-24-18-10-11-21(25-2)19(13-18)20-9-6-12-22(20)14-16(23)15-26-17-7-4-3-5-8-17/h3-5,7-8,10-11,13,16,20,23H,6,9,12,14-15H2,1-2H3. The molecule has 1 N–H and O–H groups in total. The van der Waals surface area contributed by atoms with E-state index in [4.69, 9.17) is 14.2 Å². The molecule has 5 heteroatoms. The third-order valence-electron chi connectivity index (χ3n) is 4.79. The molecule has 0 bridgehead atoms. The number of β-amino-alcohol motifs (C(OH)–C–C–N with tert-alkyl or cyclic N) is 1. The number of benzene rings is 2. The van der Waals surface area contributed by atoms with Gasteiger partial charge in [0.25, 0.3) is 0 Å². The van der Waals surface area contributed by atoms with Crippen LogP contribution in [-0.2, 0) is 0 Å². The minimum atomic E-state index is -0.549. The largest absolute Gasteiger partial charge is 0.497 e. The molecule has 0 amide bonds. The monoisotopic (exact) mass is 357 g/mol. The van der Waals surface area contributed by atoms with Gasteiger partial charge in [-0.25, -0.2) is 0 Å². The summed E-state index contributed by atoms with van der Waals surface area (Å²) < 4.78 is 16.6. The molecule has 1 fully saturated rings. The fourth-order valence-corrected chi connectivity index (χ4v) is 3.53. The van der Waals surface area contributed by atoms with Gasteiger partial charge in [0.1, 0.15) is 30.0 Å². The Bertz CT molecular complexity index is 692. The van der Waals surface area contributed by atoms with Crippen LogP contribution in [0.1, 0.15) is 24.4 Å². The Balaban J connectivity index is 1.64. The van der Waals surface area contributed by atoms with E-state index in [1.165, 1.54) is 0 Å². The van der Waals surface area contributed by atoms with Crippen molar-refractivity contribution in [2.75, 3.05) is 33.9 Å². The van der Waals surface area contributed by atoms with Crippen molar-refractivity contribution in [3.05, 3.63) is 54.1 Å². The molecule has 0 saturated carbocycles. The van der Waals surface area contributed by atoms with Crippen LogP contribution in [0.5, 0.6) is 17.2 Å². The molecule has 2 atom stereocenters. The van der Waals surface area contributed by atoms with Crippen molar-refractivity contribution in [1.29, 1.82) is 0 Å². The van der Waals surface area contributed by atoms with Gasteiger partial charge in [0.2, 0.25) is 0 Å². The highest BCUT2D eigenvalue weighted by Crippen LogP contribution is 2.38. The molecule has 140 valence electrons. The molecule has 1 aliphatic heterocycles. The van der Waals surface area contributed by atoms with E-state index in [0.29, 0.717) is 6.54 Å². The third kappa shape index (κ3) is 4.48. The number of likely N-dealkylation sites (tertiary alicyclic amines) is 1. The van der Waals surface area contributed by atoms with E-state index in [-0.39, 0.29) is 12.6 Å². The zero-order chi connectivity index (χ0) is 18.4. The molecule has 2 unspecified atom stereocenters. The summed E-state index contributed by atoms with van der Waals surface area (Å²) in [7, 11) is 3.36. The topological polar surface area (TPSA) is 51.2 Å². The number of hydrogen-bond acceptors (Lipinski definition) is 5. The van der Waals surface area contributed by atoms with E-state index in [2.05, 4.69) is 4.90 Å². The Labute approximate surface area is 155 Å². The first-order valence-corrected chi connectivity index (χ1v) is 9.03. The van der Waals surface area contributed by atoms with Gasteiger partial charge in [-0.2, -0.15) is 0 Å². The quantitative estimate of drug-likeness (QED) is 0.786. The summed E-state index contributed by atoms with van der Waals surface area (Å²) in [6.45, 7) is 1.80. The number of aliphatic hydroxyl groups is 1. The fourth-order valence-electron chi connectivity index (χ4n) is 3.53. The van der Waals surface area contributed by atoms with Gasteiger partial charge >= 0.3 is 0 Å².